The smallest absolute Gasteiger partial charge is 0.255 e. The first-order valence-electron chi connectivity index (χ1n) is 7.29. The lowest BCUT2D eigenvalue weighted by molar-refractivity contribution is 0.0762. The maximum atomic E-state index is 12.3. The zero-order chi connectivity index (χ0) is 14.5. The van der Waals surface area contributed by atoms with Crippen LogP contribution in [-0.2, 0) is 0 Å². The van der Waals surface area contributed by atoms with E-state index in [4.69, 9.17) is 0 Å². The first-order chi connectivity index (χ1) is 9.61. The van der Waals surface area contributed by atoms with E-state index < -0.39 is 0 Å². The molecule has 0 saturated carbocycles. The molecule has 1 aromatic rings. The number of hydrogen-bond acceptors (Lipinski definition) is 4. The van der Waals surface area contributed by atoms with Gasteiger partial charge in [0.15, 0.2) is 0 Å². The number of amides is 1. The minimum Gasteiger partial charge on any atom is -0.393 e. The molecule has 0 aliphatic carbocycles. The fraction of sp³-hybridized carbons (Fsp3) is 0.600. The summed E-state index contributed by atoms with van der Waals surface area (Å²) in [5, 5.41) is 12.8. The van der Waals surface area contributed by atoms with Crippen molar-refractivity contribution in [3.8, 4) is 0 Å². The highest BCUT2D eigenvalue weighted by Crippen LogP contribution is 2.21. The van der Waals surface area contributed by atoms with Crippen LogP contribution in [0.15, 0.2) is 18.3 Å². The van der Waals surface area contributed by atoms with Gasteiger partial charge >= 0.3 is 0 Å². The molecule has 1 fully saturated rings. The first kappa shape index (κ1) is 14.8. The SMILES string of the molecule is CCCNc1ccc(C(=O)N2CCC(C(C)O)C2)cn1. The third-order valence-corrected chi connectivity index (χ3v) is 3.76. The molecule has 2 N–H and O–H groups in total. The third kappa shape index (κ3) is 3.48. The zero-order valence-electron chi connectivity index (χ0n) is 12.2. The van der Waals surface area contributed by atoms with Crippen LogP contribution in [0, 0.1) is 5.92 Å². The molecule has 1 aliphatic heterocycles. The second-order valence-electron chi connectivity index (χ2n) is 5.40. The number of nitrogens with zero attached hydrogens (tertiary/aromatic N) is 2. The molecule has 2 atom stereocenters. The number of aliphatic hydroxyl groups excluding tert-OH is 1. The van der Waals surface area contributed by atoms with Gasteiger partial charge in [-0.3, -0.25) is 4.79 Å². The fourth-order valence-electron chi connectivity index (χ4n) is 2.43. The number of carbonyl (C=O) groups excluding carboxylic acids is 1. The van der Waals surface area contributed by atoms with Crippen LogP contribution in [0.5, 0.6) is 0 Å². The molecule has 0 spiro atoms. The highest BCUT2D eigenvalue weighted by atomic mass is 16.3. The van der Waals surface area contributed by atoms with E-state index in [1.165, 1.54) is 0 Å². The Balaban J connectivity index is 1.96. The van der Waals surface area contributed by atoms with Crippen LogP contribution in [0.1, 0.15) is 37.0 Å². The van der Waals surface area contributed by atoms with E-state index in [2.05, 4.69) is 17.2 Å². The molecule has 5 heteroatoms. The molecule has 0 radical (unpaired) electrons. The number of hydrogen-bond donors (Lipinski definition) is 2. The molecule has 2 unspecified atom stereocenters. The number of aliphatic hydroxyl groups is 1. The molecule has 1 saturated heterocycles. The Morgan fingerprint density at radius 1 is 1.60 bits per heavy atom. The molecule has 1 amide bonds. The van der Waals surface area contributed by atoms with Gasteiger partial charge in [-0.2, -0.15) is 0 Å². The molecular weight excluding hydrogens is 254 g/mol. The van der Waals surface area contributed by atoms with Crippen molar-refractivity contribution in [3.05, 3.63) is 23.9 Å². The lowest BCUT2D eigenvalue weighted by Crippen LogP contribution is -2.30. The molecule has 2 rings (SSSR count). The summed E-state index contributed by atoms with van der Waals surface area (Å²) >= 11 is 0. The molecular formula is C15H23N3O2. The van der Waals surface area contributed by atoms with Crippen molar-refractivity contribution < 1.29 is 9.90 Å². The summed E-state index contributed by atoms with van der Waals surface area (Å²) in [7, 11) is 0. The Hall–Kier alpha value is -1.62. The quantitative estimate of drug-likeness (QED) is 0.860. The maximum absolute atomic E-state index is 12.3. The van der Waals surface area contributed by atoms with Gasteiger partial charge in [0.1, 0.15) is 5.82 Å². The first-order valence-corrected chi connectivity index (χ1v) is 7.29. The van der Waals surface area contributed by atoms with Gasteiger partial charge in [-0.05, 0) is 31.9 Å². The molecule has 5 nitrogen and oxygen atoms in total. The van der Waals surface area contributed by atoms with Gasteiger partial charge in [-0.1, -0.05) is 6.92 Å². The molecule has 1 aromatic heterocycles. The van der Waals surface area contributed by atoms with E-state index in [0.717, 1.165) is 25.2 Å². The Labute approximate surface area is 120 Å². The fourth-order valence-corrected chi connectivity index (χ4v) is 2.43. The van der Waals surface area contributed by atoms with Crippen molar-refractivity contribution in [3.63, 3.8) is 0 Å². The number of nitrogens with one attached hydrogen (secondary N) is 1. The van der Waals surface area contributed by atoms with Gasteiger partial charge in [-0.25, -0.2) is 4.98 Å². The minimum atomic E-state index is -0.355. The number of pyridine rings is 1. The number of likely N-dealkylation sites (tertiary alicyclic amines) is 1. The predicted molar refractivity (Wildman–Crippen MR) is 78.7 cm³/mol. The Bertz CT molecular complexity index is 445. The average Bonchev–Trinajstić information content (AvgIpc) is 2.95. The Morgan fingerprint density at radius 3 is 2.95 bits per heavy atom. The van der Waals surface area contributed by atoms with Gasteiger partial charge in [0.25, 0.3) is 5.91 Å². The van der Waals surface area contributed by atoms with Crippen molar-refractivity contribution in [2.75, 3.05) is 25.0 Å². The number of rotatable bonds is 5. The van der Waals surface area contributed by atoms with Crippen molar-refractivity contribution in [2.45, 2.75) is 32.8 Å². The van der Waals surface area contributed by atoms with E-state index in [0.29, 0.717) is 18.7 Å². The Kier molecular flexibility index (Phi) is 4.95. The third-order valence-electron chi connectivity index (χ3n) is 3.76. The Morgan fingerprint density at radius 2 is 2.40 bits per heavy atom. The molecule has 0 bridgehead atoms. The summed E-state index contributed by atoms with van der Waals surface area (Å²) in [6, 6.07) is 3.65. The summed E-state index contributed by atoms with van der Waals surface area (Å²) in [6.45, 7) is 6.10. The summed E-state index contributed by atoms with van der Waals surface area (Å²) in [4.78, 5) is 18.4. The summed E-state index contributed by atoms with van der Waals surface area (Å²) in [5.41, 5.74) is 0.610. The number of anilines is 1. The van der Waals surface area contributed by atoms with Crippen molar-refractivity contribution in [1.82, 2.24) is 9.88 Å². The summed E-state index contributed by atoms with van der Waals surface area (Å²) in [6.07, 6.45) is 3.17. The number of carbonyl (C=O) groups is 1. The number of aromatic nitrogens is 1. The van der Waals surface area contributed by atoms with Gasteiger partial charge < -0.3 is 15.3 Å². The summed E-state index contributed by atoms with van der Waals surface area (Å²) < 4.78 is 0. The van der Waals surface area contributed by atoms with E-state index in [1.807, 2.05) is 12.1 Å². The highest BCUT2D eigenvalue weighted by molar-refractivity contribution is 5.94. The van der Waals surface area contributed by atoms with Gasteiger partial charge in [-0.15, -0.1) is 0 Å². The van der Waals surface area contributed by atoms with Gasteiger partial charge in [0.2, 0.25) is 0 Å². The second kappa shape index (κ2) is 6.70. The summed E-state index contributed by atoms with van der Waals surface area (Å²) in [5.74, 6) is 0.992. The van der Waals surface area contributed by atoms with Crippen LogP contribution in [0.25, 0.3) is 0 Å². The van der Waals surface area contributed by atoms with Crippen LogP contribution >= 0.6 is 0 Å². The topological polar surface area (TPSA) is 65.5 Å². The molecule has 110 valence electrons. The monoisotopic (exact) mass is 277 g/mol. The lowest BCUT2D eigenvalue weighted by atomic mass is 10.0. The second-order valence-corrected chi connectivity index (χ2v) is 5.40. The zero-order valence-corrected chi connectivity index (χ0v) is 12.2. The molecule has 1 aliphatic rings. The van der Waals surface area contributed by atoms with Crippen molar-refractivity contribution in [2.24, 2.45) is 5.92 Å². The maximum Gasteiger partial charge on any atom is 0.255 e. The minimum absolute atomic E-state index is 0.00249. The van der Waals surface area contributed by atoms with E-state index in [9.17, 15) is 9.90 Å². The molecule has 20 heavy (non-hydrogen) atoms. The van der Waals surface area contributed by atoms with Crippen LogP contribution in [0.4, 0.5) is 5.82 Å². The normalized spacial score (nSPS) is 19.9. The van der Waals surface area contributed by atoms with Crippen LogP contribution < -0.4 is 5.32 Å². The molecule has 2 heterocycles. The van der Waals surface area contributed by atoms with Crippen molar-refractivity contribution in [1.29, 1.82) is 0 Å². The van der Waals surface area contributed by atoms with E-state index in [1.54, 1.807) is 18.0 Å². The average molecular weight is 277 g/mol. The largest absolute Gasteiger partial charge is 0.393 e. The van der Waals surface area contributed by atoms with Gasteiger partial charge in [0.05, 0.1) is 11.7 Å². The van der Waals surface area contributed by atoms with E-state index >= 15 is 0 Å². The van der Waals surface area contributed by atoms with E-state index in [-0.39, 0.29) is 17.9 Å². The van der Waals surface area contributed by atoms with Crippen LogP contribution in [0.2, 0.25) is 0 Å². The lowest BCUT2D eigenvalue weighted by Gasteiger charge is -2.17. The molecule has 0 aromatic carbocycles. The van der Waals surface area contributed by atoms with Crippen molar-refractivity contribution >= 4 is 11.7 Å². The van der Waals surface area contributed by atoms with Gasteiger partial charge in [0, 0.05) is 31.7 Å². The van der Waals surface area contributed by atoms with Crippen LogP contribution in [0.3, 0.4) is 0 Å². The van der Waals surface area contributed by atoms with Crippen LogP contribution in [-0.4, -0.2) is 46.6 Å². The predicted octanol–water partition coefficient (Wildman–Crippen LogP) is 1.75. The highest BCUT2D eigenvalue weighted by Gasteiger charge is 2.29. The standard InChI is InChI=1S/C15H23N3O2/c1-3-7-16-14-5-4-12(9-17-14)15(20)18-8-6-13(10-18)11(2)19/h4-5,9,11,13,19H,3,6-8,10H2,1-2H3,(H,16,17).